The van der Waals surface area contributed by atoms with Gasteiger partial charge in [-0.15, -0.1) is 0 Å². The number of allylic oxidation sites excluding steroid dienone is 1. The Labute approximate surface area is 166 Å². The third-order valence-corrected chi connectivity index (χ3v) is 5.89. The number of esters is 2. The van der Waals surface area contributed by atoms with E-state index in [0.29, 0.717) is 18.4 Å². The first kappa shape index (κ1) is 20.8. The quantitative estimate of drug-likeness (QED) is 0.321. The fraction of sp³-hybridized carbons (Fsp3) is 0.636. The largest absolute Gasteiger partial charge is 0.458 e. The molecule has 0 radical (unpaired) electrons. The number of aliphatic hydroxyl groups is 1. The molecule has 0 unspecified atom stereocenters. The van der Waals surface area contributed by atoms with E-state index in [4.69, 9.17) is 14.2 Å². The maximum absolute atomic E-state index is 12.1. The van der Waals surface area contributed by atoms with Gasteiger partial charge in [-0.1, -0.05) is 23.8 Å². The predicted molar refractivity (Wildman–Crippen MR) is 103 cm³/mol. The zero-order valence-corrected chi connectivity index (χ0v) is 17.1. The summed E-state index contributed by atoms with van der Waals surface area (Å²) in [6.45, 7) is 11.2. The summed E-state index contributed by atoms with van der Waals surface area (Å²) in [5.74, 6) is -1.31. The summed E-state index contributed by atoms with van der Waals surface area (Å²) < 4.78 is 16.9. The summed E-state index contributed by atoms with van der Waals surface area (Å²) in [6.07, 6.45) is 4.58. The number of carbonyl (C=O) groups excluding carboxylic acids is 2. The van der Waals surface area contributed by atoms with Crippen molar-refractivity contribution in [3.05, 3.63) is 35.5 Å². The van der Waals surface area contributed by atoms with Crippen LogP contribution in [0.3, 0.4) is 0 Å². The highest BCUT2D eigenvalue weighted by molar-refractivity contribution is 5.91. The molecule has 2 saturated heterocycles. The fourth-order valence-corrected chi connectivity index (χ4v) is 4.38. The number of ether oxygens (including phenoxy) is 3. The van der Waals surface area contributed by atoms with Crippen molar-refractivity contribution in [3.8, 4) is 0 Å². The van der Waals surface area contributed by atoms with Crippen LogP contribution in [0.1, 0.15) is 53.4 Å². The van der Waals surface area contributed by atoms with E-state index < -0.39 is 24.1 Å². The first-order valence-electron chi connectivity index (χ1n) is 9.86. The predicted octanol–water partition coefficient (Wildman–Crippen LogP) is 3.00. The molecular weight excluding hydrogens is 360 g/mol. The van der Waals surface area contributed by atoms with Crippen LogP contribution in [0.4, 0.5) is 0 Å². The van der Waals surface area contributed by atoms with Gasteiger partial charge in [-0.25, -0.2) is 4.79 Å². The zero-order chi connectivity index (χ0) is 20.6. The van der Waals surface area contributed by atoms with Crippen molar-refractivity contribution in [2.24, 2.45) is 5.92 Å². The monoisotopic (exact) mass is 390 g/mol. The van der Waals surface area contributed by atoms with Gasteiger partial charge in [0.1, 0.15) is 18.3 Å². The lowest BCUT2D eigenvalue weighted by Gasteiger charge is -2.24. The van der Waals surface area contributed by atoms with Crippen LogP contribution in [0.15, 0.2) is 35.5 Å². The van der Waals surface area contributed by atoms with Crippen molar-refractivity contribution in [1.29, 1.82) is 0 Å². The van der Waals surface area contributed by atoms with Gasteiger partial charge in [-0.3, -0.25) is 4.79 Å². The molecule has 1 N–H and O–H groups in total. The van der Waals surface area contributed by atoms with E-state index in [2.05, 4.69) is 12.7 Å². The molecule has 0 aromatic heterocycles. The third kappa shape index (κ3) is 4.39. The Bertz CT molecular complexity index is 735. The lowest BCUT2D eigenvalue weighted by Crippen LogP contribution is -2.35. The Balaban J connectivity index is 1.89. The Morgan fingerprint density at radius 1 is 1.32 bits per heavy atom. The molecule has 2 heterocycles. The summed E-state index contributed by atoms with van der Waals surface area (Å²) in [4.78, 5) is 23.6. The van der Waals surface area contributed by atoms with Crippen LogP contribution in [0.25, 0.3) is 0 Å². The van der Waals surface area contributed by atoms with Gasteiger partial charge in [0.2, 0.25) is 0 Å². The van der Waals surface area contributed by atoms with E-state index in [0.717, 1.165) is 24.0 Å². The Morgan fingerprint density at radius 3 is 2.71 bits per heavy atom. The van der Waals surface area contributed by atoms with Crippen molar-refractivity contribution in [2.75, 3.05) is 0 Å². The maximum atomic E-state index is 12.1. The smallest absolute Gasteiger partial charge is 0.334 e. The number of fused-ring (bicyclic) bond motifs is 3. The molecule has 3 aliphatic rings. The van der Waals surface area contributed by atoms with Crippen LogP contribution in [0.5, 0.6) is 0 Å². The van der Waals surface area contributed by atoms with Gasteiger partial charge in [-0.05, 0) is 46.1 Å². The van der Waals surface area contributed by atoms with Crippen molar-refractivity contribution in [2.45, 2.75) is 83.4 Å². The van der Waals surface area contributed by atoms with Crippen molar-refractivity contribution < 1.29 is 28.9 Å². The molecular formula is C22H30O6. The van der Waals surface area contributed by atoms with E-state index >= 15 is 0 Å². The number of rotatable bonds is 1. The summed E-state index contributed by atoms with van der Waals surface area (Å²) in [6, 6.07) is 0. The van der Waals surface area contributed by atoms with Crippen molar-refractivity contribution in [1.82, 2.24) is 0 Å². The Morgan fingerprint density at radius 2 is 2.04 bits per heavy atom. The minimum Gasteiger partial charge on any atom is -0.458 e. The molecule has 6 atom stereocenters. The van der Waals surface area contributed by atoms with E-state index in [1.54, 1.807) is 0 Å². The van der Waals surface area contributed by atoms with Crippen LogP contribution in [-0.2, 0) is 23.8 Å². The summed E-state index contributed by atoms with van der Waals surface area (Å²) >= 11 is 0. The van der Waals surface area contributed by atoms with Gasteiger partial charge in [0, 0.05) is 18.9 Å². The lowest BCUT2D eigenvalue weighted by molar-refractivity contribution is -0.144. The second-order valence-corrected chi connectivity index (χ2v) is 8.50. The molecule has 0 amide bonds. The summed E-state index contributed by atoms with van der Waals surface area (Å²) in [5.41, 5.74) is 1.93. The zero-order valence-electron chi connectivity index (χ0n) is 17.1. The van der Waals surface area contributed by atoms with Crippen molar-refractivity contribution in [3.63, 3.8) is 0 Å². The second kappa shape index (κ2) is 7.84. The molecule has 0 aromatic rings. The molecule has 0 saturated carbocycles. The molecule has 2 fully saturated rings. The molecule has 28 heavy (non-hydrogen) atoms. The molecule has 6 heteroatoms. The number of hydrogen-bond donors (Lipinski definition) is 1. The molecule has 2 aliphatic heterocycles. The van der Waals surface area contributed by atoms with Gasteiger partial charge in [0.25, 0.3) is 0 Å². The highest BCUT2D eigenvalue weighted by atomic mass is 16.6. The number of epoxide rings is 1. The van der Waals surface area contributed by atoms with E-state index in [9.17, 15) is 14.7 Å². The van der Waals surface area contributed by atoms with Crippen LogP contribution < -0.4 is 0 Å². The SMILES string of the molecule is C=C1C(=O)O[C@H]2[C@H]1[C@H](O)C/C(C)=C/[C@H](OC(C)=O)C/C(C)=C/CC[C@]1(C)O[C@@H]21. The molecule has 3 rings (SSSR count). The number of aliphatic hydroxyl groups excluding tert-OH is 1. The normalized spacial score (nSPS) is 42.7. The van der Waals surface area contributed by atoms with Gasteiger partial charge in [0.05, 0.1) is 17.6 Å². The summed E-state index contributed by atoms with van der Waals surface area (Å²) in [5, 5.41) is 10.9. The third-order valence-electron chi connectivity index (χ3n) is 5.89. The van der Waals surface area contributed by atoms with Gasteiger partial charge < -0.3 is 19.3 Å². The standard InChI is InChI=1S/C22H30O6/c1-12-7-6-8-22(5)20(28-22)19-18(14(3)21(25)27-19)17(24)11-13(2)10-16(9-12)26-15(4)23/h7,10,16-20,24H,3,6,8-9,11H2,1-2,4-5H3/b12-7+,13-10+/t16-,17-,18-,19+,20+,22+/m1/s1. The molecule has 6 nitrogen and oxygen atoms in total. The minimum atomic E-state index is -0.828. The maximum Gasteiger partial charge on any atom is 0.334 e. The second-order valence-electron chi connectivity index (χ2n) is 8.50. The van der Waals surface area contributed by atoms with E-state index in [-0.39, 0.29) is 23.8 Å². The Kier molecular flexibility index (Phi) is 5.82. The van der Waals surface area contributed by atoms with Crippen LogP contribution in [0.2, 0.25) is 0 Å². The first-order valence-corrected chi connectivity index (χ1v) is 9.86. The van der Waals surface area contributed by atoms with Crippen LogP contribution in [0, 0.1) is 5.92 Å². The average Bonchev–Trinajstić information content (AvgIpc) is 3.13. The first-order chi connectivity index (χ1) is 13.1. The van der Waals surface area contributed by atoms with Gasteiger partial charge in [0.15, 0.2) is 0 Å². The fourth-order valence-electron chi connectivity index (χ4n) is 4.38. The minimum absolute atomic E-state index is 0.231. The van der Waals surface area contributed by atoms with Crippen molar-refractivity contribution >= 4 is 11.9 Å². The van der Waals surface area contributed by atoms with Gasteiger partial charge in [-0.2, -0.15) is 0 Å². The molecule has 1 aliphatic carbocycles. The highest BCUT2D eigenvalue weighted by Gasteiger charge is 2.62. The highest BCUT2D eigenvalue weighted by Crippen LogP contribution is 2.49. The average molecular weight is 390 g/mol. The number of carbonyl (C=O) groups is 2. The summed E-state index contributed by atoms with van der Waals surface area (Å²) in [7, 11) is 0. The molecule has 0 spiro atoms. The van der Waals surface area contributed by atoms with Gasteiger partial charge >= 0.3 is 11.9 Å². The Hall–Kier alpha value is -1.92. The molecule has 0 aromatic carbocycles. The number of hydrogen-bond acceptors (Lipinski definition) is 6. The molecule has 154 valence electrons. The van der Waals surface area contributed by atoms with E-state index in [1.807, 2.05) is 26.8 Å². The van der Waals surface area contributed by atoms with Crippen LogP contribution >= 0.6 is 0 Å². The lowest BCUT2D eigenvalue weighted by atomic mass is 9.83. The topological polar surface area (TPSA) is 85.4 Å². The molecule has 0 bridgehead atoms. The van der Waals surface area contributed by atoms with E-state index in [1.165, 1.54) is 6.92 Å². The van der Waals surface area contributed by atoms with Crippen LogP contribution in [-0.4, -0.2) is 47.1 Å².